The fraction of sp³-hybridized carbons (Fsp3) is 0.786. The molecular formula is C14H26N6S. The van der Waals surface area contributed by atoms with Gasteiger partial charge in [-0.2, -0.15) is 26.7 Å². The predicted octanol–water partition coefficient (Wildman–Crippen LogP) is 2.02. The summed E-state index contributed by atoms with van der Waals surface area (Å²) in [6, 6.07) is 0. The summed E-state index contributed by atoms with van der Waals surface area (Å²) < 4.78 is 0.315. The molecule has 1 aliphatic rings. The average Bonchev–Trinajstić information content (AvgIpc) is 2.60. The van der Waals surface area contributed by atoms with E-state index in [1.54, 1.807) is 0 Å². The molecule has 21 heavy (non-hydrogen) atoms. The standard InChI is InChI=1S/C14H26N6S/c1-5-19(6-2)12-16-11(15)17-13(18-12)20-8-7-14(3,4)21-10-9-20/h5-10H2,1-4H3,(H2,15,16,17,18). The van der Waals surface area contributed by atoms with Crippen LogP contribution in [-0.2, 0) is 0 Å². The van der Waals surface area contributed by atoms with Crippen LogP contribution in [0.5, 0.6) is 0 Å². The Kier molecular flexibility index (Phi) is 5.13. The van der Waals surface area contributed by atoms with Crippen molar-refractivity contribution in [2.45, 2.75) is 38.9 Å². The topological polar surface area (TPSA) is 71.2 Å². The van der Waals surface area contributed by atoms with Crippen molar-refractivity contribution in [3.05, 3.63) is 0 Å². The molecule has 6 nitrogen and oxygen atoms in total. The number of hydrogen-bond acceptors (Lipinski definition) is 7. The summed E-state index contributed by atoms with van der Waals surface area (Å²) in [5.41, 5.74) is 5.88. The molecule has 1 aromatic heterocycles. The second-order valence-corrected chi connectivity index (χ2v) is 7.61. The lowest BCUT2D eigenvalue weighted by atomic mass is 10.1. The third-order valence-electron chi connectivity index (χ3n) is 3.80. The lowest BCUT2D eigenvalue weighted by molar-refractivity contribution is 0.630. The molecule has 0 amide bonds. The maximum absolute atomic E-state index is 5.88. The number of nitrogen functional groups attached to an aromatic ring is 1. The summed E-state index contributed by atoms with van der Waals surface area (Å²) in [6.45, 7) is 12.4. The van der Waals surface area contributed by atoms with Crippen LogP contribution in [0, 0.1) is 0 Å². The van der Waals surface area contributed by atoms with Gasteiger partial charge in [-0.15, -0.1) is 0 Å². The quantitative estimate of drug-likeness (QED) is 0.912. The van der Waals surface area contributed by atoms with Crippen molar-refractivity contribution in [3.8, 4) is 0 Å². The van der Waals surface area contributed by atoms with Gasteiger partial charge in [0.15, 0.2) is 0 Å². The van der Waals surface area contributed by atoms with E-state index in [0.29, 0.717) is 22.6 Å². The van der Waals surface area contributed by atoms with Crippen LogP contribution in [0.25, 0.3) is 0 Å². The SMILES string of the molecule is CCN(CC)c1nc(N)nc(N2CCSC(C)(C)CC2)n1. The lowest BCUT2D eigenvalue weighted by Crippen LogP contribution is -2.31. The maximum Gasteiger partial charge on any atom is 0.231 e. The van der Waals surface area contributed by atoms with E-state index in [0.717, 1.165) is 38.4 Å². The van der Waals surface area contributed by atoms with E-state index in [9.17, 15) is 0 Å². The van der Waals surface area contributed by atoms with E-state index in [2.05, 4.69) is 52.4 Å². The Morgan fingerprint density at radius 1 is 1.19 bits per heavy atom. The van der Waals surface area contributed by atoms with Crippen molar-refractivity contribution >= 4 is 29.6 Å². The highest BCUT2D eigenvalue weighted by Gasteiger charge is 2.25. The first-order chi connectivity index (χ1) is 9.95. The van der Waals surface area contributed by atoms with Gasteiger partial charge in [0.1, 0.15) is 0 Å². The molecule has 0 bridgehead atoms. The number of rotatable bonds is 4. The van der Waals surface area contributed by atoms with E-state index >= 15 is 0 Å². The van der Waals surface area contributed by atoms with E-state index < -0.39 is 0 Å². The molecule has 0 unspecified atom stereocenters. The monoisotopic (exact) mass is 310 g/mol. The van der Waals surface area contributed by atoms with Crippen LogP contribution in [0.3, 0.4) is 0 Å². The fourth-order valence-electron chi connectivity index (χ4n) is 2.38. The Labute approximate surface area is 131 Å². The van der Waals surface area contributed by atoms with Crippen LogP contribution >= 0.6 is 11.8 Å². The van der Waals surface area contributed by atoms with E-state index in [-0.39, 0.29) is 0 Å². The third-order valence-corrected chi connectivity index (χ3v) is 5.17. The zero-order chi connectivity index (χ0) is 15.5. The Bertz CT molecular complexity index is 475. The van der Waals surface area contributed by atoms with Gasteiger partial charge in [0.25, 0.3) is 0 Å². The molecule has 0 aliphatic carbocycles. The lowest BCUT2D eigenvalue weighted by Gasteiger charge is -2.24. The van der Waals surface area contributed by atoms with E-state index in [1.165, 1.54) is 0 Å². The molecule has 0 atom stereocenters. The van der Waals surface area contributed by atoms with Gasteiger partial charge in [-0.25, -0.2) is 0 Å². The van der Waals surface area contributed by atoms with Gasteiger partial charge in [0.05, 0.1) is 0 Å². The predicted molar refractivity (Wildman–Crippen MR) is 91.2 cm³/mol. The number of thioether (sulfide) groups is 1. The molecule has 7 heteroatoms. The molecule has 0 saturated carbocycles. The van der Waals surface area contributed by atoms with Crippen LogP contribution in [0.1, 0.15) is 34.1 Å². The van der Waals surface area contributed by atoms with Crippen LogP contribution in [0.4, 0.5) is 17.8 Å². The maximum atomic E-state index is 5.88. The molecule has 0 radical (unpaired) electrons. The largest absolute Gasteiger partial charge is 0.368 e. The zero-order valence-corrected chi connectivity index (χ0v) is 14.3. The van der Waals surface area contributed by atoms with Crippen molar-refractivity contribution in [2.24, 2.45) is 0 Å². The van der Waals surface area contributed by atoms with Crippen molar-refractivity contribution < 1.29 is 0 Å². The molecule has 1 aliphatic heterocycles. The molecule has 0 spiro atoms. The molecule has 118 valence electrons. The molecule has 1 saturated heterocycles. The number of nitrogens with zero attached hydrogens (tertiary/aromatic N) is 5. The second-order valence-electron chi connectivity index (χ2n) is 5.81. The van der Waals surface area contributed by atoms with Crippen LogP contribution in [0.2, 0.25) is 0 Å². The average molecular weight is 310 g/mol. The fourth-order valence-corrected chi connectivity index (χ4v) is 3.48. The molecule has 1 aromatic rings. The second kappa shape index (κ2) is 6.68. The van der Waals surface area contributed by atoms with Crippen LogP contribution in [0.15, 0.2) is 0 Å². The summed E-state index contributed by atoms with van der Waals surface area (Å²) in [5.74, 6) is 2.78. The molecule has 2 N–H and O–H groups in total. The van der Waals surface area contributed by atoms with E-state index in [4.69, 9.17) is 5.73 Å². The van der Waals surface area contributed by atoms with Gasteiger partial charge in [0.2, 0.25) is 17.8 Å². The number of anilines is 3. The van der Waals surface area contributed by atoms with Gasteiger partial charge in [-0.05, 0) is 20.3 Å². The zero-order valence-electron chi connectivity index (χ0n) is 13.5. The Morgan fingerprint density at radius 2 is 1.90 bits per heavy atom. The van der Waals surface area contributed by atoms with Crippen molar-refractivity contribution in [2.75, 3.05) is 47.5 Å². The first kappa shape index (κ1) is 16.1. The van der Waals surface area contributed by atoms with Crippen molar-refractivity contribution in [1.29, 1.82) is 0 Å². The first-order valence-electron chi connectivity index (χ1n) is 7.60. The van der Waals surface area contributed by atoms with Gasteiger partial charge in [-0.1, -0.05) is 13.8 Å². The van der Waals surface area contributed by atoms with Crippen LogP contribution < -0.4 is 15.5 Å². The third kappa shape index (κ3) is 4.12. The van der Waals surface area contributed by atoms with Crippen molar-refractivity contribution in [3.63, 3.8) is 0 Å². The highest BCUT2D eigenvalue weighted by molar-refractivity contribution is 8.00. The van der Waals surface area contributed by atoms with Gasteiger partial charge in [0, 0.05) is 36.7 Å². The Balaban J connectivity index is 2.23. The van der Waals surface area contributed by atoms with Gasteiger partial charge >= 0.3 is 0 Å². The van der Waals surface area contributed by atoms with Gasteiger partial charge in [-0.3, -0.25) is 0 Å². The van der Waals surface area contributed by atoms with Gasteiger partial charge < -0.3 is 15.5 Å². The smallest absolute Gasteiger partial charge is 0.231 e. The summed E-state index contributed by atoms with van der Waals surface area (Å²) >= 11 is 2.01. The minimum absolute atomic E-state index is 0.304. The Hall–Kier alpha value is -1.24. The molecule has 2 rings (SSSR count). The normalized spacial score (nSPS) is 18.4. The molecule has 0 aromatic carbocycles. The molecule has 2 heterocycles. The molecule has 1 fully saturated rings. The minimum atomic E-state index is 0.304. The molecular weight excluding hydrogens is 284 g/mol. The Morgan fingerprint density at radius 3 is 2.57 bits per heavy atom. The highest BCUT2D eigenvalue weighted by Crippen LogP contribution is 2.31. The van der Waals surface area contributed by atoms with Crippen LogP contribution in [-0.4, -0.2) is 51.6 Å². The summed E-state index contributed by atoms with van der Waals surface area (Å²) in [5, 5.41) is 0. The number of aromatic nitrogens is 3. The highest BCUT2D eigenvalue weighted by atomic mass is 32.2. The number of hydrogen-bond donors (Lipinski definition) is 1. The summed E-state index contributed by atoms with van der Waals surface area (Å²) in [7, 11) is 0. The summed E-state index contributed by atoms with van der Waals surface area (Å²) in [4.78, 5) is 17.6. The summed E-state index contributed by atoms with van der Waals surface area (Å²) in [6.07, 6.45) is 1.11. The minimum Gasteiger partial charge on any atom is -0.368 e. The first-order valence-corrected chi connectivity index (χ1v) is 8.59. The number of nitrogens with two attached hydrogens (primary N) is 1. The van der Waals surface area contributed by atoms with E-state index in [1.807, 2.05) is 11.8 Å². The van der Waals surface area contributed by atoms with Crippen molar-refractivity contribution in [1.82, 2.24) is 15.0 Å².